The fourth-order valence-corrected chi connectivity index (χ4v) is 3.33. The monoisotopic (exact) mass is 508 g/mol. The average Bonchev–Trinajstić information content (AvgIpc) is 3.11. The van der Waals surface area contributed by atoms with Gasteiger partial charge in [-0.1, -0.05) is 0 Å². The Kier molecular flexibility index (Phi) is 6.31. The first kappa shape index (κ1) is 20.3. The fraction of sp³-hybridized carbons (Fsp3) is 0.150. The van der Waals surface area contributed by atoms with Crippen LogP contribution >= 0.6 is 31.9 Å². The van der Waals surface area contributed by atoms with Gasteiger partial charge >= 0.3 is 6.03 Å². The highest BCUT2D eigenvalue weighted by Gasteiger charge is 2.15. The van der Waals surface area contributed by atoms with Crippen LogP contribution in [0, 0.1) is 0 Å². The normalized spacial score (nSPS) is 10.5. The topological polar surface area (TPSA) is 61.7 Å². The van der Waals surface area contributed by atoms with Crippen molar-refractivity contribution >= 4 is 60.6 Å². The Labute approximate surface area is 179 Å². The molecule has 0 unspecified atom stereocenters. The molecule has 0 atom stereocenters. The summed E-state index contributed by atoms with van der Waals surface area (Å²) in [7, 11) is 4.72. The summed E-state index contributed by atoms with van der Waals surface area (Å²) in [6.45, 7) is 0. The van der Waals surface area contributed by atoms with Crippen molar-refractivity contribution in [3.63, 3.8) is 0 Å². The number of ether oxygens (including phenoxy) is 3. The Balaban J connectivity index is 2.00. The summed E-state index contributed by atoms with van der Waals surface area (Å²) in [5.41, 5.74) is 2.10. The maximum Gasteiger partial charge on any atom is 0.330 e. The molecule has 0 saturated carbocycles. The number of nitrogens with zero attached hydrogens (tertiary/aromatic N) is 1. The lowest BCUT2D eigenvalue weighted by atomic mass is 10.1. The standard InChI is InChI=1S/C20H18Br2N2O4/c1-26-14-4-5-16-12(8-14)6-7-24(16)20(25)23-15-11-18(28-3)17(27-2)9-13(15)10-19(21)22/h4-11H,1-3H3,(H,23,25). The molecule has 0 saturated heterocycles. The number of amides is 1. The molecule has 0 spiro atoms. The van der Waals surface area contributed by atoms with E-state index in [1.54, 1.807) is 44.2 Å². The number of hydrogen-bond donors (Lipinski definition) is 1. The average molecular weight is 510 g/mol. The first-order valence-corrected chi connectivity index (χ1v) is 9.80. The molecule has 0 radical (unpaired) electrons. The summed E-state index contributed by atoms with van der Waals surface area (Å²) in [5, 5.41) is 3.84. The number of rotatable bonds is 5. The summed E-state index contributed by atoms with van der Waals surface area (Å²) in [5.74, 6) is 1.81. The minimum Gasteiger partial charge on any atom is -0.497 e. The van der Waals surface area contributed by atoms with Gasteiger partial charge in [0.2, 0.25) is 0 Å². The van der Waals surface area contributed by atoms with Crippen LogP contribution in [0.3, 0.4) is 0 Å². The number of hydrogen-bond acceptors (Lipinski definition) is 4. The van der Waals surface area contributed by atoms with E-state index in [2.05, 4.69) is 37.2 Å². The van der Waals surface area contributed by atoms with Crippen LogP contribution in [-0.2, 0) is 0 Å². The lowest BCUT2D eigenvalue weighted by molar-refractivity contribution is 0.254. The van der Waals surface area contributed by atoms with Crippen LogP contribution in [0.4, 0.5) is 10.5 Å². The van der Waals surface area contributed by atoms with Gasteiger partial charge in [-0.3, -0.25) is 4.57 Å². The van der Waals surface area contributed by atoms with Crippen LogP contribution < -0.4 is 19.5 Å². The van der Waals surface area contributed by atoms with Crippen molar-refractivity contribution in [3.8, 4) is 17.2 Å². The third-order valence-electron chi connectivity index (χ3n) is 4.18. The number of methoxy groups -OCH3 is 3. The second-order valence-electron chi connectivity index (χ2n) is 5.77. The molecular formula is C20H18Br2N2O4. The summed E-state index contributed by atoms with van der Waals surface area (Å²) in [6, 6.07) is 10.6. The fourth-order valence-electron chi connectivity index (χ4n) is 2.84. The molecular weight excluding hydrogens is 492 g/mol. The van der Waals surface area contributed by atoms with E-state index in [4.69, 9.17) is 14.2 Å². The van der Waals surface area contributed by atoms with Gasteiger partial charge < -0.3 is 19.5 Å². The van der Waals surface area contributed by atoms with Gasteiger partial charge in [-0.25, -0.2) is 4.79 Å². The zero-order valence-corrected chi connectivity index (χ0v) is 18.6. The van der Waals surface area contributed by atoms with E-state index in [0.717, 1.165) is 25.6 Å². The number of fused-ring (bicyclic) bond motifs is 1. The molecule has 28 heavy (non-hydrogen) atoms. The highest BCUT2D eigenvalue weighted by atomic mass is 79.9. The second kappa shape index (κ2) is 8.70. The van der Waals surface area contributed by atoms with Crippen molar-refractivity contribution in [2.24, 2.45) is 0 Å². The number of benzene rings is 2. The Hall–Kier alpha value is -2.45. The molecule has 1 aromatic heterocycles. The van der Waals surface area contributed by atoms with Gasteiger partial charge in [0, 0.05) is 23.2 Å². The van der Waals surface area contributed by atoms with E-state index in [1.807, 2.05) is 30.3 Å². The summed E-state index contributed by atoms with van der Waals surface area (Å²) < 4.78 is 18.2. The molecule has 0 aliphatic heterocycles. The number of anilines is 1. The number of carbonyl (C=O) groups excluding carboxylic acids is 1. The number of aromatic nitrogens is 1. The number of carbonyl (C=O) groups is 1. The molecule has 2 aromatic carbocycles. The number of halogens is 2. The Morgan fingerprint density at radius 2 is 1.71 bits per heavy atom. The Bertz CT molecular complexity index is 1060. The first-order valence-electron chi connectivity index (χ1n) is 8.22. The molecule has 3 rings (SSSR count). The first-order chi connectivity index (χ1) is 13.5. The molecule has 3 aromatic rings. The molecule has 1 heterocycles. The third-order valence-corrected chi connectivity index (χ3v) is 4.64. The molecule has 6 nitrogen and oxygen atoms in total. The molecule has 0 aliphatic rings. The van der Waals surface area contributed by atoms with E-state index in [1.165, 1.54) is 0 Å². The predicted molar refractivity (Wildman–Crippen MR) is 118 cm³/mol. The molecule has 0 fully saturated rings. The van der Waals surface area contributed by atoms with Gasteiger partial charge in [-0.05, 0) is 68.3 Å². The number of nitrogens with one attached hydrogen (secondary N) is 1. The minimum atomic E-state index is -0.298. The minimum absolute atomic E-state index is 0.298. The van der Waals surface area contributed by atoms with E-state index >= 15 is 0 Å². The van der Waals surface area contributed by atoms with E-state index in [0.29, 0.717) is 17.2 Å². The maximum absolute atomic E-state index is 12.9. The van der Waals surface area contributed by atoms with Gasteiger partial charge in [0.15, 0.2) is 11.5 Å². The van der Waals surface area contributed by atoms with Crippen LogP contribution in [0.25, 0.3) is 17.0 Å². The van der Waals surface area contributed by atoms with Crippen molar-refractivity contribution in [2.45, 2.75) is 0 Å². The van der Waals surface area contributed by atoms with Crippen LogP contribution in [0.2, 0.25) is 0 Å². The zero-order chi connectivity index (χ0) is 20.3. The van der Waals surface area contributed by atoms with Crippen LogP contribution in [0.15, 0.2) is 46.0 Å². The molecule has 1 N–H and O–H groups in total. The largest absolute Gasteiger partial charge is 0.497 e. The highest BCUT2D eigenvalue weighted by Crippen LogP contribution is 2.36. The van der Waals surface area contributed by atoms with Crippen molar-refractivity contribution in [1.29, 1.82) is 0 Å². The Morgan fingerprint density at radius 3 is 2.36 bits per heavy atom. The summed E-state index contributed by atoms with van der Waals surface area (Å²) in [6.07, 6.45) is 3.53. The van der Waals surface area contributed by atoms with Gasteiger partial charge in [0.1, 0.15) is 5.75 Å². The summed E-state index contributed by atoms with van der Waals surface area (Å²) in [4.78, 5) is 12.9. The lowest BCUT2D eigenvalue weighted by Crippen LogP contribution is -2.19. The van der Waals surface area contributed by atoms with Gasteiger partial charge in [-0.2, -0.15) is 0 Å². The molecule has 0 aliphatic carbocycles. The van der Waals surface area contributed by atoms with Crippen molar-refractivity contribution in [1.82, 2.24) is 4.57 Å². The highest BCUT2D eigenvalue weighted by molar-refractivity contribution is 9.28. The second-order valence-corrected chi connectivity index (χ2v) is 8.54. The quantitative estimate of drug-likeness (QED) is 0.469. The van der Waals surface area contributed by atoms with E-state index < -0.39 is 0 Å². The lowest BCUT2D eigenvalue weighted by Gasteiger charge is -2.15. The molecule has 1 amide bonds. The smallest absolute Gasteiger partial charge is 0.330 e. The Morgan fingerprint density at radius 1 is 1.00 bits per heavy atom. The van der Waals surface area contributed by atoms with Crippen molar-refractivity contribution in [3.05, 3.63) is 51.6 Å². The van der Waals surface area contributed by atoms with Crippen LogP contribution in [0.5, 0.6) is 17.2 Å². The predicted octanol–water partition coefficient (Wildman–Crippen LogP) is 5.84. The van der Waals surface area contributed by atoms with Crippen LogP contribution in [-0.4, -0.2) is 31.9 Å². The van der Waals surface area contributed by atoms with Gasteiger partial charge in [0.05, 0.1) is 35.9 Å². The SMILES string of the molecule is COc1ccc2c(ccn2C(=O)Nc2cc(OC)c(OC)cc2C=C(Br)Br)c1. The van der Waals surface area contributed by atoms with Gasteiger partial charge in [-0.15, -0.1) is 0 Å². The summed E-state index contributed by atoms with van der Waals surface area (Å²) >= 11 is 6.71. The molecule has 0 bridgehead atoms. The van der Waals surface area contributed by atoms with Crippen molar-refractivity contribution < 1.29 is 19.0 Å². The van der Waals surface area contributed by atoms with Crippen molar-refractivity contribution in [2.75, 3.05) is 26.6 Å². The van der Waals surface area contributed by atoms with Gasteiger partial charge in [0.25, 0.3) is 0 Å². The van der Waals surface area contributed by atoms with E-state index in [9.17, 15) is 4.79 Å². The van der Waals surface area contributed by atoms with E-state index in [-0.39, 0.29) is 6.03 Å². The van der Waals surface area contributed by atoms with Crippen LogP contribution in [0.1, 0.15) is 5.56 Å². The zero-order valence-electron chi connectivity index (χ0n) is 15.5. The third kappa shape index (κ3) is 4.18. The maximum atomic E-state index is 12.9. The molecule has 8 heteroatoms. The molecule has 146 valence electrons.